The summed E-state index contributed by atoms with van der Waals surface area (Å²) in [6, 6.07) is 3.39. The summed E-state index contributed by atoms with van der Waals surface area (Å²) in [7, 11) is -3.72. The molecule has 0 amide bonds. The Balaban J connectivity index is 2.29. The first kappa shape index (κ1) is 13.8. The third-order valence-electron chi connectivity index (χ3n) is 2.25. The highest BCUT2D eigenvalue weighted by Crippen LogP contribution is 2.22. The van der Waals surface area contributed by atoms with E-state index in [2.05, 4.69) is 20.0 Å². The molecule has 0 atom stereocenters. The minimum atomic E-state index is -3.72. The van der Waals surface area contributed by atoms with Crippen molar-refractivity contribution in [1.82, 2.24) is 9.97 Å². The van der Waals surface area contributed by atoms with Crippen molar-refractivity contribution in [2.75, 3.05) is 16.6 Å². The minimum absolute atomic E-state index is 0.0151. The van der Waals surface area contributed by atoms with Gasteiger partial charge >= 0.3 is 0 Å². The Kier molecular flexibility index (Phi) is 4.33. The fourth-order valence-electron chi connectivity index (χ4n) is 1.44. The number of pyridine rings is 1. The number of nitrogens with zero attached hydrogens (tertiary/aromatic N) is 2. The minimum Gasteiger partial charge on any atom is -0.383 e. The van der Waals surface area contributed by atoms with E-state index in [1.54, 1.807) is 17.5 Å². The molecule has 2 N–H and O–H groups in total. The van der Waals surface area contributed by atoms with E-state index in [4.69, 9.17) is 0 Å². The first-order chi connectivity index (χ1) is 9.13. The lowest BCUT2D eigenvalue weighted by molar-refractivity contribution is 0.598. The van der Waals surface area contributed by atoms with Crippen molar-refractivity contribution in [3.05, 3.63) is 29.9 Å². The van der Waals surface area contributed by atoms with E-state index in [0.717, 1.165) is 6.42 Å². The normalized spacial score (nSPS) is 11.2. The van der Waals surface area contributed by atoms with Crippen LogP contribution in [-0.2, 0) is 10.0 Å². The lowest BCUT2D eigenvalue weighted by Crippen LogP contribution is -2.17. The van der Waals surface area contributed by atoms with Gasteiger partial charge in [-0.2, -0.15) is 8.42 Å². The number of hydrogen-bond acceptors (Lipinski definition) is 6. The van der Waals surface area contributed by atoms with E-state index in [0.29, 0.717) is 17.4 Å². The predicted molar refractivity (Wildman–Crippen MR) is 75.9 cm³/mol. The number of sulfonamides is 1. The molecule has 0 aliphatic heterocycles. The summed E-state index contributed by atoms with van der Waals surface area (Å²) in [5.74, 6) is 0. The van der Waals surface area contributed by atoms with Crippen LogP contribution >= 0.6 is 11.3 Å². The van der Waals surface area contributed by atoms with E-state index in [1.165, 1.54) is 23.7 Å². The van der Waals surface area contributed by atoms with Crippen LogP contribution in [0.2, 0.25) is 0 Å². The second kappa shape index (κ2) is 5.98. The van der Waals surface area contributed by atoms with E-state index >= 15 is 0 Å². The van der Waals surface area contributed by atoms with Crippen molar-refractivity contribution >= 4 is 32.2 Å². The van der Waals surface area contributed by atoms with E-state index in [9.17, 15) is 8.42 Å². The molecule has 2 rings (SSSR count). The smallest absolute Gasteiger partial charge is 0.283 e. The molecule has 0 aliphatic rings. The van der Waals surface area contributed by atoms with Crippen LogP contribution in [0.25, 0.3) is 0 Å². The topological polar surface area (TPSA) is 84.0 Å². The summed E-state index contributed by atoms with van der Waals surface area (Å²) in [5, 5.41) is 5.06. The third-order valence-corrected chi connectivity index (χ3v) is 4.36. The Bertz CT molecular complexity index is 626. The van der Waals surface area contributed by atoms with Crippen molar-refractivity contribution in [2.45, 2.75) is 18.4 Å². The molecule has 0 saturated carbocycles. The van der Waals surface area contributed by atoms with Crippen LogP contribution in [0.3, 0.4) is 0 Å². The second-order valence-corrected chi connectivity index (χ2v) is 6.22. The molecule has 0 aliphatic carbocycles. The van der Waals surface area contributed by atoms with Crippen LogP contribution in [0.5, 0.6) is 0 Å². The Morgan fingerprint density at radius 1 is 1.32 bits per heavy atom. The van der Waals surface area contributed by atoms with Crippen molar-refractivity contribution in [3.8, 4) is 0 Å². The fraction of sp³-hybridized carbons (Fsp3) is 0.273. The second-order valence-electron chi connectivity index (χ2n) is 3.73. The summed E-state index contributed by atoms with van der Waals surface area (Å²) in [6.45, 7) is 2.69. The van der Waals surface area contributed by atoms with Gasteiger partial charge in [0.2, 0.25) is 0 Å². The zero-order valence-corrected chi connectivity index (χ0v) is 12.0. The highest BCUT2D eigenvalue weighted by Gasteiger charge is 2.20. The molecule has 19 heavy (non-hydrogen) atoms. The molecule has 0 radical (unpaired) electrons. The van der Waals surface area contributed by atoms with Crippen molar-refractivity contribution in [3.63, 3.8) is 0 Å². The summed E-state index contributed by atoms with van der Waals surface area (Å²) in [6.07, 6.45) is 3.89. The number of aromatic nitrogens is 2. The number of rotatable bonds is 6. The van der Waals surface area contributed by atoms with E-state index < -0.39 is 10.0 Å². The Hall–Kier alpha value is -1.67. The van der Waals surface area contributed by atoms with Gasteiger partial charge < -0.3 is 5.32 Å². The van der Waals surface area contributed by atoms with Crippen molar-refractivity contribution in [2.24, 2.45) is 0 Å². The predicted octanol–water partition coefficient (Wildman–Crippen LogP) is 2.16. The molecule has 0 aromatic carbocycles. The van der Waals surface area contributed by atoms with Crippen LogP contribution in [0.1, 0.15) is 13.3 Å². The van der Waals surface area contributed by atoms with Gasteiger partial charge in [-0.25, -0.2) is 9.97 Å². The zero-order valence-electron chi connectivity index (χ0n) is 10.3. The standard InChI is InChI=1S/C11H14N4O2S2/c1-2-5-12-9-4-3-6-13-10(9)19(16,17)15-11-14-7-8-18-11/h3-4,6-8,12H,2,5H2,1H3,(H,14,15). The SMILES string of the molecule is CCCNc1cccnc1S(=O)(=O)Nc1nccs1. The first-order valence-corrected chi connectivity index (χ1v) is 8.11. The molecule has 8 heteroatoms. The molecular formula is C11H14N4O2S2. The van der Waals surface area contributed by atoms with Crippen molar-refractivity contribution in [1.29, 1.82) is 0 Å². The Morgan fingerprint density at radius 2 is 2.16 bits per heavy atom. The molecule has 0 unspecified atom stereocenters. The summed E-state index contributed by atoms with van der Waals surface area (Å²) in [5.41, 5.74) is 0.494. The average molecular weight is 298 g/mol. The van der Waals surface area contributed by atoms with Gasteiger partial charge in [0.05, 0.1) is 5.69 Å². The average Bonchev–Trinajstić information content (AvgIpc) is 2.88. The Morgan fingerprint density at radius 3 is 2.84 bits per heavy atom. The molecule has 0 spiro atoms. The van der Waals surface area contributed by atoms with E-state index in [-0.39, 0.29) is 5.03 Å². The monoisotopic (exact) mass is 298 g/mol. The number of anilines is 2. The highest BCUT2D eigenvalue weighted by atomic mass is 32.2. The maximum Gasteiger partial charge on any atom is 0.283 e. The molecule has 0 fully saturated rings. The third kappa shape index (κ3) is 3.42. The molecule has 6 nitrogen and oxygen atoms in total. The lowest BCUT2D eigenvalue weighted by atomic mass is 10.4. The number of hydrogen-bond donors (Lipinski definition) is 2. The molecule has 2 aromatic rings. The molecule has 0 bridgehead atoms. The highest BCUT2D eigenvalue weighted by molar-refractivity contribution is 7.93. The van der Waals surface area contributed by atoms with Gasteiger partial charge in [0, 0.05) is 24.3 Å². The fourth-order valence-corrected chi connectivity index (χ4v) is 3.34. The molecular weight excluding hydrogens is 284 g/mol. The van der Waals surface area contributed by atoms with E-state index in [1.807, 2.05) is 6.92 Å². The maximum absolute atomic E-state index is 12.2. The summed E-state index contributed by atoms with van der Waals surface area (Å²) in [4.78, 5) is 7.85. The van der Waals surface area contributed by atoms with Gasteiger partial charge in [0.25, 0.3) is 10.0 Å². The van der Waals surface area contributed by atoms with Gasteiger partial charge in [-0.3, -0.25) is 4.72 Å². The van der Waals surface area contributed by atoms with Gasteiger partial charge in [-0.1, -0.05) is 6.92 Å². The van der Waals surface area contributed by atoms with Gasteiger partial charge in [0.1, 0.15) is 0 Å². The molecule has 2 heterocycles. The number of nitrogens with one attached hydrogen (secondary N) is 2. The largest absolute Gasteiger partial charge is 0.383 e. The van der Waals surface area contributed by atoms with Crippen LogP contribution < -0.4 is 10.0 Å². The van der Waals surface area contributed by atoms with Gasteiger partial charge in [-0.05, 0) is 18.6 Å². The molecule has 0 saturated heterocycles. The molecule has 102 valence electrons. The van der Waals surface area contributed by atoms with Crippen LogP contribution in [0.4, 0.5) is 10.8 Å². The Labute approximate surface area is 116 Å². The summed E-state index contributed by atoms with van der Waals surface area (Å²) < 4.78 is 26.9. The van der Waals surface area contributed by atoms with Crippen molar-refractivity contribution < 1.29 is 8.42 Å². The lowest BCUT2D eigenvalue weighted by Gasteiger charge is -2.10. The quantitative estimate of drug-likeness (QED) is 0.853. The summed E-state index contributed by atoms with van der Waals surface area (Å²) >= 11 is 1.22. The zero-order chi connectivity index (χ0) is 13.7. The maximum atomic E-state index is 12.2. The number of thiazole rings is 1. The van der Waals surface area contributed by atoms with Crippen LogP contribution in [0, 0.1) is 0 Å². The van der Waals surface area contributed by atoms with Gasteiger partial charge in [0.15, 0.2) is 10.2 Å². The first-order valence-electron chi connectivity index (χ1n) is 5.74. The van der Waals surface area contributed by atoms with Gasteiger partial charge in [-0.15, -0.1) is 11.3 Å². The molecule has 2 aromatic heterocycles. The van der Waals surface area contributed by atoms with Crippen LogP contribution in [0.15, 0.2) is 34.9 Å². The van der Waals surface area contributed by atoms with Crippen LogP contribution in [-0.4, -0.2) is 24.9 Å².